The Hall–Kier alpha value is -0.870. The monoisotopic (exact) mass is 279 g/mol. The third kappa shape index (κ3) is 2.84. The van der Waals surface area contributed by atoms with E-state index in [4.69, 9.17) is 9.47 Å². The zero-order valence-corrected chi connectivity index (χ0v) is 12.2. The number of nitrogens with one attached hydrogen (secondary N) is 1. The Morgan fingerprint density at radius 1 is 1.32 bits per heavy atom. The Labute approximate surface area is 119 Å². The summed E-state index contributed by atoms with van der Waals surface area (Å²) in [6, 6.07) is 6.81. The van der Waals surface area contributed by atoms with Gasteiger partial charge in [0.05, 0.1) is 0 Å². The molecule has 2 unspecified atom stereocenters. The van der Waals surface area contributed by atoms with Crippen LogP contribution in [0.1, 0.15) is 31.4 Å². The highest BCUT2D eigenvalue weighted by Crippen LogP contribution is 2.39. The molecule has 4 heteroatoms. The van der Waals surface area contributed by atoms with Gasteiger partial charge < -0.3 is 14.8 Å². The van der Waals surface area contributed by atoms with Crippen molar-refractivity contribution >= 4 is 11.8 Å². The number of rotatable bonds is 4. The first-order valence-electron chi connectivity index (χ1n) is 7.13. The fourth-order valence-corrected chi connectivity index (χ4v) is 4.22. The molecule has 0 radical (unpaired) electrons. The maximum absolute atomic E-state index is 5.70. The molecule has 2 aliphatic rings. The van der Waals surface area contributed by atoms with Crippen LogP contribution in [0.25, 0.3) is 0 Å². The predicted octanol–water partition coefficient (Wildman–Crippen LogP) is 3.00. The number of fused-ring (bicyclic) bond motifs is 1. The van der Waals surface area contributed by atoms with Crippen molar-refractivity contribution in [3.05, 3.63) is 23.8 Å². The Morgan fingerprint density at radius 2 is 2.16 bits per heavy atom. The lowest BCUT2D eigenvalue weighted by Crippen LogP contribution is -2.29. The molecule has 0 aromatic heterocycles. The molecule has 0 spiro atoms. The van der Waals surface area contributed by atoms with E-state index in [1.54, 1.807) is 0 Å². The lowest BCUT2D eigenvalue weighted by atomic mass is 10.00. The van der Waals surface area contributed by atoms with Crippen LogP contribution in [0.4, 0.5) is 0 Å². The van der Waals surface area contributed by atoms with Crippen LogP contribution < -0.4 is 14.8 Å². The summed E-state index contributed by atoms with van der Waals surface area (Å²) < 4.78 is 11.3. The highest BCUT2D eigenvalue weighted by atomic mass is 32.2. The standard InChI is InChI=1S/C15H21NO2S/c1-2-16-15(14-4-3-9-19-14)11-5-6-12-13(10-11)18-8-7-17-12/h5-6,10,14-16H,2-4,7-9H2,1H3. The van der Waals surface area contributed by atoms with Gasteiger partial charge in [0.1, 0.15) is 13.2 Å². The predicted molar refractivity (Wildman–Crippen MR) is 79.3 cm³/mol. The molecule has 2 aliphatic heterocycles. The van der Waals surface area contributed by atoms with Crippen LogP contribution in [0.2, 0.25) is 0 Å². The lowest BCUT2D eigenvalue weighted by Gasteiger charge is -2.26. The van der Waals surface area contributed by atoms with Crippen LogP contribution in [0.15, 0.2) is 18.2 Å². The molecule has 3 rings (SSSR count). The molecular weight excluding hydrogens is 258 g/mol. The van der Waals surface area contributed by atoms with E-state index in [0.29, 0.717) is 24.5 Å². The van der Waals surface area contributed by atoms with Gasteiger partial charge in [-0.2, -0.15) is 11.8 Å². The average molecular weight is 279 g/mol. The van der Waals surface area contributed by atoms with E-state index < -0.39 is 0 Å². The molecule has 0 bridgehead atoms. The minimum Gasteiger partial charge on any atom is -0.486 e. The van der Waals surface area contributed by atoms with Gasteiger partial charge in [-0.15, -0.1) is 0 Å². The molecule has 3 nitrogen and oxygen atoms in total. The Kier molecular flexibility index (Phi) is 4.18. The third-order valence-corrected chi connectivity index (χ3v) is 5.15. The zero-order valence-electron chi connectivity index (χ0n) is 11.4. The van der Waals surface area contributed by atoms with E-state index in [2.05, 4.69) is 36.1 Å². The van der Waals surface area contributed by atoms with Gasteiger partial charge in [0.25, 0.3) is 0 Å². The number of benzene rings is 1. The third-order valence-electron chi connectivity index (χ3n) is 3.69. The second kappa shape index (κ2) is 6.06. The zero-order chi connectivity index (χ0) is 13.1. The van der Waals surface area contributed by atoms with Crippen LogP contribution in [0.5, 0.6) is 11.5 Å². The smallest absolute Gasteiger partial charge is 0.161 e. The van der Waals surface area contributed by atoms with Crippen LogP contribution in [0.3, 0.4) is 0 Å². The summed E-state index contributed by atoms with van der Waals surface area (Å²) in [5.74, 6) is 3.07. The van der Waals surface area contributed by atoms with Gasteiger partial charge in [-0.1, -0.05) is 13.0 Å². The van der Waals surface area contributed by atoms with Crippen molar-refractivity contribution in [2.75, 3.05) is 25.5 Å². The molecule has 2 heterocycles. The fraction of sp³-hybridized carbons (Fsp3) is 0.600. The van der Waals surface area contributed by atoms with Crippen molar-refractivity contribution < 1.29 is 9.47 Å². The molecule has 1 N–H and O–H groups in total. The van der Waals surface area contributed by atoms with Gasteiger partial charge in [0.2, 0.25) is 0 Å². The van der Waals surface area contributed by atoms with Gasteiger partial charge in [-0.05, 0) is 42.8 Å². The SMILES string of the molecule is CCNC(c1ccc2c(c1)OCCO2)C1CCCS1. The highest BCUT2D eigenvalue weighted by Gasteiger charge is 2.27. The molecule has 19 heavy (non-hydrogen) atoms. The topological polar surface area (TPSA) is 30.5 Å². The molecule has 0 aliphatic carbocycles. The van der Waals surface area contributed by atoms with Crippen LogP contribution in [0, 0.1) is 0 Å². The summed E-state index contributed by atoms with van der Waals surface area (Å²) >= 11 is 2.09. The fourth-order valence-electron chi connectivity index (χ4n) is 2.80. The van der Waals surface area contributed by atoms with E-state index in [1.165, 1.54) is 24.2 Å². The maximum atomic E-state index is 5.70. The van der Waals surface area contributed by atoms with Crippen LogP contribution in [-0.2, 0) is 0 Å². The first-order valence-corrected chi connectivity index (χ1v) is 8.18. The second-order valence-corrected chi connectivity index (χ2v) is 6.34. The van der Waals surface area contributed by atoms with Crippen molar-refractivity contribution in [2.45, 2.75) is 31.1 Å². The van der Waals surface area contributed by atoms with E-state index >= 15 is 0 Å². The first kappa shape index (κ1) is 13.1. The molecule has 1 fully saturated rings. The summed E-state index contributed by atoms with van der Waals surface area (Å²) in [6.07, 6.45) is 2.64. The Morgan fingerprint density at radius 3 is 2.89 bits per heavy atom. The summed E-state index contributed by atoms with van der Waals surface area (Å²) in [5, 5.41) is 4.31. The van der Waals surface area contributed by atoms with E-state index in [0.717, 1.165) is 18.0 Å². The summed E-state index contributed by atoms with van der Waals surface area (Å²) in [6.45, 7) is 4.47. The normalized spacial score (nSPS) is 23.3. The van der Waals surface area contributed by atoms with Gasteiger partial charge in [0.15, 0.2) is 11.5 Å². The van der Waals surface area contributed by atoms with E-state index in [9.17, 15) is 0 Å². The van der Waals surface area contributed by atoms with Crippen molar-refractivity contribution in [1.82, 2.24) is 5.32 Å². The molecule has 1 saturated heterocycles. The molecule has 0 saturated carbocycles. The summed E-state index contributed by atoms with van der Waals surface area (Å²) in [5.41, 5.74) is 1.32. The van der Waals surface area contributed by atoms with Crippen LogP contribution in [-0.4, -0.2) is 30.8 Å². The number of thioether (sulfide) groups is 1. The molecule has 0 amide bonds. The molecule has 1 aromatic carbocycles. The van der Waals surface area contributed by atoms with Gasteiger partial charge in [-0.25, -0.2) is 0 Å². The lowest BCUT2D eigenvalue weighted by molar-refractivity contribution is 0.171. The minimum atomic E-state index is 0.424. The largest absolute Gasteiger partial charge is 0.486 e. The number of ether oxygens (including phenoxy) is 2. The van der Waals surface area contributed by atoms with Crippen molar-refractivity contribution in [2.24, 2.45) is 0 Å². The molecular formula is C15H21NO2S. The minimum absolute atomic E-state index is 0.424. The molecule has 104 valence electrons. The average Bonchev–Trinajstić information content (AvgIpc) is 2.98. The molecule has 2 atom stereocenters. The maximum Gasteiger partial charge on any atom is 0.161 e. The number of hydrogen-bond acceptors (Lipinski definition) is 4. The van der Waals surface area contributed by atoms with Gasteiger partial charge in [0, 0.05) is 11.3 Å². The van der Waals surface area contributed by atoms with Gasteiger partial charge >= 0.3 is 0 Å². The van der Waals surface area contributed by atoms with Crippen molar-refractivity contribution in [3.63, 3.8) is 0 Å². The van der Waals surface area contributed by atoms with Crippen molar-refractivity contribution in [3.8, 4) is 11.5 Å². The second-order valence-electron chi connectivity index (χ2n) is 4.99. The summed E-state index contributed by atoms with van der Waals surface area (Å²) in [7, 11) is 0. The van der Waals surface area contributed by atoms with Crippen LogP contribution >= 0.6 is 11.8 Å². The van der Waals surface area contributed by atoms with Gasteiger partial charge in [-0.3, -0.25) is 0 Å². The van der Waals surface area contributed by atoms with E-state index in [-0.39, 0.29) is 0 Å². The van der Waals surface area contributed by atoms with Crippen molar-refractivity contribution in [1.29, 1.82) is 0 Å². The first-order chi connectivity index (χ1) is 9.38. The number of hydrogen-bond donors (Lipinski definition) is 1. The Balaban J connectivity index is 1.84. The quantitative estimate of drug-likeness (QED) is 0.918. The summed E-state index contributed by atoms with van der Waals surface area (Å²) in [4.78, 5) is 0. The Bertz CT molecular complexity index is 432. The van der Waals surface area contributed by atoms with E-state index in [1.807, 2.05) is 6.07 Å². The molecule has 1 aromatic rings. The highest BCUT2D eigenvalue weighted by molar-refractivity contribution is 8.00.